The van der Waals surface area contributed by atoms with Crippen molar-refractivity contribution >= 4 is 72.5 Å². The predicted octanol–water partition coefficient (Wildman–Crippen LogP) is -0.582. The number of nitrogen functional groups attached to an aromatic ring is 2. The molecule has 26 heteroatoms. The number of nitrogens with zero attached hydrogens (tertiary/aromatic N) is 7. The number of anilines is 2. The van der Waals surface area contributed by atoms with Crippen LogP contribution in [0.4, 0.5) is 20.5 Å². The van der Waals surface area contributed by atoms with Crippen molar-refractivity contribution in [2.45, 2.75) is 48.4 Å². The average Bonchev–Trinajstić information content (AvgIpc) is 3.81. The first-order valence-corrected chi connectivity index (χ1v) is 17.7. The molecule has 4 aromatic rings. The van der Waals surface area contributed by atoms with E-state index in [4.69, 9.17) is 51.1 Å². The van der Waals surface area contributed by atoms with Crippen LogP contribution in [0.5, 0.6) is 0 Å². The van der Waals surface area contributed by atoms with Crippen molar-refractivity contribution in [3.63, 3.8) is 0 Å². The van der Waals surface area contributed by atoms with Gasteiger partial charge in [-0.15, -0.1) is 0 Å². The molecule has 3 fully saturated rings. The Balaban J connectivity index is 0.00000124. The second-order valence-corrected chi connectivity index (χ2v) is 13.8. The first-order valence-electron chi connectivity index (χ1n) is 13.2. The van der Waals surface area contributed by atoms with E-state index in [9.17, 15) is 19.9 Å². The van der Waals surface area contributed by atoms with Gasteiger partial charge >= 0.3 is 12.6 Å². The lowest BCUT2D eigenvalue weighted by atomic mass is 10.0. The number of ether oxygens (including phenoxy) is 3. The number of hydrogen-bond donors (Lipinski definition) is 7. The van der Waals surface area contributed by atoms with E-state index in [0.29, 0.717) is 11.2 Å². The quantitative estimate of drug-likeness (QED) is 0.0878. The van der Waals surface area contributed by atoms with Gasteiger partial charge < -0.3 is 45.3 Å². The van der Waals surface area contributed by atoms with Crippen LogP contribution in [-0.2, 0) is 39.6 Å². The van der Waals surface area contributed by atoms with Gasteiger partial charge in [-0.05, 0) is 11.8 Å². The summed E-state index contributed by atoms with van der Waals surface area (Å²) in [7, 11) is -0.139. The standard InChI is InChI=1S/C21H23F2N10O9PS.HOPS/c22-21(23)7(1-34)40-18(33-6-29-9-15(33)30-19(25)31-16(9)36)12(21)42-43(37,44)39-3-20-2-38-10(11(20)35)17(41-20)32-5-28-8-13(24)26-4-27-14(8)32;1-2-3/h4-7,10-12,17-18,34-35H,1-3H2,(H,37,44)(H2,24,26,27)(H3,25,30,31,36);(H,1,3)/t7-,10-,11+,12+,17-,18-,20-,43?;/m1./s1. The van der Waals surface area contributed by atoms with E-state index in [1.807, 2.05) is 0 Å². The molecule has 0 aliphatic carbocycles. The molecule has 0 aromatic carbocycles. The monoisotopic (exact) mass is 740 g/mol. The number of aromatic nitrogens is 8. The van der Waals surface area contributed by atoms with Gasteiger partial charge in [-0.2, -0.15) is 4.98 Å². The summed E-state index contributed by atoms with van der Waals surface area (Å²) in [6.07, 6.45) is -5.86. The zero-order valence-corrected chi connectivity index (χ0v) is 26.8. The number of imidazole rings is 2. The highest BCUT2D eigenvalue weighted by atomic mass is 32.7. The highest BCUT2D eigenvalue weighted by Crippen LogP contribution is 2.55. The minimum atomic E-state index is -4.58. The van der Waals surface area contributed by atoms with E-state index in [2.05, 4.69) is 42.2 Å². The normalized spacial score (nSPS) is 30.9. The predicted molar refractivity (Wildman–Crippen MR) is 161 cm³/mol. The third-order valence-corrected chi connectivity index (χ3v) is 9.17. The minimum Gasteiger partial charge on any atom is -0.393 e. The first-order chi connectivity index (χ1) is 22.3. The summed E-state index contributed by atoms with van der Waals surface area (Å²) in [6, 6.07) is 0. The Labute approximate surface area is 272 Å². The number of halogens is 2. The average molecular weight is 741 g/mol. The van der Waals surface area contributed by atoms with Gasteiger partial charge in [0, 0.05) is 0 Å². The maximum absolute atomic E-state index is 15.5. The first kappa shape index (κ1) is 34.0. The van der Waals surface area contributed by atoms with Crippen molar-refractivity contribution in [1.29, 1.82) is 0 Å². The van der Waals surface area contributed by atoms with Crippen molar-refractivity contribution < 1.29 is 51.7 Å². The summed E-state index contributed by atoms with van der Waals surface area (Å²) in [5, 5.41) is 20.6. The van der Waals surface area contributed by atoms with Crippen molar-refractivity contribution in [1.82, 2.24) is 39.0 Å². The lowest BCUT2D eigenvalue weighted by molar-refractivity contribution is -0.184. The molecule has 8 atom stereocenters. The molecule has 0 amide bonds. The van der Waals surface area contributed by atoms with E-state index in [-0.39, 0.29) is 37.2 Å². The van der Waals surface area contributed by atoms with Crippen LogP contribution in [0.25, 0.3) is 22.3 Å². The fourth-order valence-corrected chi connectivity index (χ4v) is 6.90. The molecule has 47 heavy (non-hydrogen) atoms. The van der Waals surface area contributed by atoms with E-state index in [0.717, 1.165) is 10.9 Å². The van der Waals surface area contributed by atoms with E-state index in [1.165, 1.54) is 17.2 Å². The van der Waals surface area contributed by atoms with Crippen molar-refractivity contribution in [2.24, 2.45) is 0 Å². The largest absolute Gasteiger partial charge is 0.393 e. The lowest BCUT2D eigenvalue weighted by Crippen LogP contribution is -2.45. The Morgan fingerprint density at radius 2 is 1.87 bits per heavy atom. The molecule has 3 saturated heterocycles. The van der Waals surface area contributed by atoms with Crippen molar-refractivity contribution in [2.75, 3.05) is 31.3 Å². The van der Waals surface area contributed by atoms with Crippen LogP contribution in [0.1, 0.15) is 12.5 Å². The molecule has 20 nitrogen and oxygen atoms in total. The molecule has 4 aromatic heterocycles. The zero-order chi connectivity index (χ0) is 33.9. The van der Waals surface area contributed by atoms with Gasteiger partial charge in [0.25, 0.3) is 5.56 Å². The van der Waals surface area contributed by atoms with E-state index < -0.39 is 73.9 Å². The molecule has 1 unspecified atom stereocenters. The summed E-state index contributed by atoms with van der Waals surface area (Å²) in [5.41, 5.74) is 9.25. The van der Waals surface area contributed by atoms with Gasteiger partial charge in [0.2, 0.25) is 13.6 Å². The number of hydrogen-bond acceptors (Lipinski definition) is 17. The van der Waals surface area contributed by atoms with Crippen LogP contribution in [0, 0.1) is 0 Å². The molecule has 7 rings (SSSR count). The van der Waals surface area contributed by atoms with Crippen LogP contribution >= 0.6 is 26.6 Å². The van der Waals surface area contributed by atoms with Crippen molar-refractivity contribution in [3.05, 3.63) is 29.3 Å². The van der Waals surface area contributed by atoms with Crippen LogP contribution in [0.15, 0.2) is 23.8 Å². The number of alkyl halides is 2. The van der Waals surface area contributed by atoms with Crippen molar-refractivity contribution in [3.8, 4) is 0 Å². The molecule has 3 aliphatic rings. The Morgan fingerprint density at radius 1 is 1.19 bits per heavy atom. The Kier molecular flexibility index (Phi) is 9.08. The molecule has 254 valence electrons. The second-order valence-electron chi connectivity index (χ2n) is 10.4. The second kappa shape index (κ2) is 12.5. The maximum Gasteiger partial charge on any atom is 0.325 e. The Bertz CT molecular complexity index is 1940. The Morgan fingerprint density at radius 3 is 2.57 bits per heavy atom. The number of aromatic amines is 1. The number of fused-ring (bicyclic) bond motifs is 4. The highest BCUT2D eigenvalue weighted by Gasteiger charge is 2.64. The summed E-state index contributed by atoms with van der Waals surface area (Å²) in [4.78, 5) is 45.4. The van der Waals surface area contributed by atoms with E-state index in [1.54, 1.807) is 0 Å². The van der Waals surface area contributed by atoms with E-state index >= 15 is 8.78 Å². The topological polar surface area (TPSA) is 283 Å². The SMILES string of the molecule is Nc1nc2c(ncn2[C@@H]2O[C@H](CO)C(F)(F)[C@H]2OP(O)(=S)OC[C@@]23CO[C@@H]([C@H](n4cnc5c(N)ncnc54)O2)[C@@H]3O)c(=O)[nH]1.O=PS. The third kappa shape index (κ3) is 5.81. The fraction of sp³-hybridized carbons (Fsp3) is 0.524. The minimum absolute atomic E-state index is 0.124. The van der Waals surface area contributed by atoms with Gasteiger partial charge in [-0.3, -0.25) is 28.0 Å². The summed E-state index contributed by atoms with van der Waals surface area (Å²) in [6.45, 7) is -6.54. The molecule has 0 spiro atoms. The molecule has 8 N–H and O–H groups in total. The number of thiol groups is 1. The maximum atomic E-state index is 15.5. The number of H-pyrrole nitrogens is 1. The Hall–Kier alpha value is -2.86. The van der Waals surface area contributed by atoms with Gasteiger partial charge in [-0.25, -0.2) is 28.7 Å². The number of nitrogens with one attached hydrogen (secondary N) is 1. The van der Waals surface area contributed by atoms with Crippen LogP contribution in [0.2, 0.25) is 0 Å². The molecule has 0 saturated carbocycles. The number of rotatable bonds is 8. The number of aliphatic hydroxyl groups excluding tert-OH is 2. The lowest BCUT2D eigenvalue weighted by Gasteiger charge is -2.33. The summed E-state index contributed by atoms with van der Waals surface area (Å²) in [5.74, 6) is -4.14. The molecular weight excluding hydrogens is 716 g/mol. The molecule has 0 radical (unpaired) electrons. The molecule has 7 heterocycles. The highest BCUT2D eigenvalue weighted by molar-refractivity contribution is 8.33. The number of nitrogens with two attached hydrogens (primary N) is 2. The van der Waals surface area contributed by atoms with Crippen LogP contribution in [0.3, 0.4) is 0 Å². The molecule has 3 aliphatic heterocycles. The summed E-state index contributed by atoms with van der Waals surface area (Å²) < 4.78 is 70.0. The molecule has 2 bridgehead atoms. The van der Waals surface area contributed by atoms with Gasteiger partial charge in [0.15, 0.2) is 41.2 Å². The van der Waals surface area contributed by atoms with Gasteiger partial charge in [0.1, 0.15) is 35.8 Å². The zero-order valence-electron chi connectivity index (χ0n) is 23.3. The smallest absolute Gasteiger partial charge is 0.325 e. The van der Waals surface area contributed by atoms with Gasteiger partial charge in [0.05, 0.1) is 32.5 Å². The molecular formula is C21H24F2N10O10P2S2. The number of aliphatic hydroxyl groups is 2. The van der Waals surface area contributed by atoms with Crippen LogP contribution < -0.4 is 17.0 Å². The fourth-order valence-electron chi connectivity index (χ4n) is 5.49. The summed E-state index contributed by atoms with van der Waals surface area (Å²) >= 11 is 8.28. The van der Waals surface area contributed by atoms with Crippen LogP contribution in [-0.4, -0.2) is 110 Å². The van der Waals surface area contributed by atoms with Gasteiger partial charge in [-0.1, -0.05) is 12.2 Å². The third-order valence-electron chi connectivity index (χ3n) is 7.65.